The lowest BCUT2D eigenvalue weighted by atomic mass is 10.1. The molecule has 0 atom stereocenters. The van der Waals surface area contributed by atoms with Crippen LogP contribution in [0.3, 0.4) is 0 Å². The molecule has 0 bridgehead atoms. The SMILES string of the molecule is Cn1cc(/C=C/c2nc3c(ccc4ccccc43)s2)c(-c2ccncc2)n1. The normalized spacial score (nSPS) is 11.7. The van der Waals surface area contributed by atoms with Gasteiger partial charge in [-0.15, -0.1) is 11.3 Å². The molecule has 5 rings (SSSR count). The molecule has 0 spiro atoms. The summed E-state index contributed by atoms with van der Waals surface area (Å²) < 4.78 is 3.04. The van der Waals surface area contributed by atoms with E-state index in [4.69, 9.17) is 4.98 Å². The predicted octanol–water partition coefficient (Wildman–Crippen LogP) is 5.42. The maximum absolute atomic E-state index is 4.86. The highest BCUT2D eigenvalue weighted by Gasteiger charge is 2.09. The van der Waals surface area contributed by atoms with E-state index in [1.807, 2.05) is 30.1 Å². The van der Waals surface area contributed by atoms with Crippen molar-refractivity contribution in [3.63, 3.8) is 0 Å². The van der Waals surface area contributed by atoms with Crippen molar-refractivity contribution in [1.29, 1.82) is 0 Å². The van der Waals surface area contributed by atoms with Gasteiger partial charge in [0.15, 0.2) is 0 Å². The van der Waals surface area contributed by atoms with Crippen molar-refractivity contribution >= 4 is 44.5 Å². The minimum Gasteiger partial charge on any atom is -0.275 e. The molecule has 0 N–H and O–H groups in total. The third-order valence-corrected chi connectivity index (χ3v) is 5.50. The van der Waals surface area contributed by atoms with Crippen LogP contribution in [-0.2, 0) is 7.05 Å². The summed E-state index contributed by atoms with van der Waals surface area (Å²) in [5.41, 5.74) is 4.13. The van der Waals surface area contributed by atoms with Crippen LogP contribution < -0.4 is 0 Å². The van der Waals surface area contributed by atoms with Gasteiger partial charge in [-0.1, -0.05) is 30.3 Å². The molecule has 0 radical (unpaired) electrons. The van der Waals surface area contributed by atoms with Crippen LogP contribution in [0.25, 0.3) is 44.4 Å². The van der Waals surface area contributed by atoms with Gasteiger partial charge < -0.3 is 0 Å². The number of nitrogens with zero attached hydrogens (tertiary/aromatic N) is 4. The van der Waals surface area contributed by atoms with Gasteiger partial charge in [0.1, 0.15) is 5.01 Å². The first-order valence-corrected chi connectivity index (χ1v) is 9.50. The number of rotatable bonds is 3. The number of fused-ring (bicyclic) bond motifs is 3. The smallest absolute Gasteiger partial charge is 0.117 e. The van der Waals surface area contributed by atoms with Crippen LogP contribution in [0.15, 0.2) is 67.1 Å². The molecule has 0 saturated heterocycles. The maximum atomic E-state index is 4.86. The van der Waals surface area contributed by atoms with Crippen molar-refractivity contribution in [2.75, 3.05) is 0 Å². The van der Waals surface area contributed by atoms with Crippen LogP contribution in [0.1, 0.15) is 10.6 Å². The molecule has 5 aromatic rings. The monoisotopic (exact) mass is 368 g/mol. The minimum absolute atomic E-state index is 0.947. The molecular formula is C22H16N4S. The van der Waals surface area contributed by atoms with E-state index in [1.54, 1.807) is 23.7 Å². The van der Waals surface area contributed by atoms with Gasteiger partial charge in [0.2, 0.25) is 0 Å². The quantitative estimate of drug-likeness (QED) is 0.427. The Bertz CT molecular complexity index is 1280. The van der Waals surface area contributed by atoms with Crippen LogP contribution >= 0.6 is 11.3 Å². The zero-order valence-electron chi connectivity index (χ0n) is 14.7. The first-order chi connectivity index (χ1) is 13.3. The highest BCUT2D eigenvalue weighted by molar-refractivity contribution is 7.19. The fourth-order valence-corrected chi connectivity index (χ4v) is 4.16. The van der Waals surface area contributed by atoms with Gasteiger partial charge in [0.25, 0.3) is 0 Å². The number of hydrogen-bond donors (Lipinski definition) is 0. The molecule has 27 heavy (non-hydrogen) atoms. The van der Waals surface area contributed by atoms with Crippen molar-refractivity contribution in [3.05, 3.63) is 77.7 Å². The van der Waals surface area contributed by atoms with Crippen molar-refractivity contribution in [2.45, 2.75) is 0 Å². The molecule has 0 aliphatic rings. The lowest BCUT2D eigenvalue weighted by molar-refractivity contribution is 0.770. The van der Waals surface area contributed by atoms with E-state index >= 15 is 0 Å². The van der Waals surface area contributed by atoms with Gasteiger partial charge in [0, 0.05) is 42.2 Å². The van der Waals surface area contributed by atoms with E-state index in [0.29, 0.717) is 0 Å². The summed E-state index contributed by atoms with van der Waals surface area (Å²) in [5, 5.41) is 8.01. The highest BCUT2D eigenvalue weighted by Crippen LogP contribution is 2.30. The molecule has 0 aliphatic heterocycles. The highest BCUT2D eigenvalue weighted by atomic mass is 32.1. The molecule has 0 saturated carbocycles. The molecular weight excluding hydrogens is 352 g/mol. The Labute approximate surface area is 160 Å². The number of aryl methyl sites for hydroxylation is 1. The Kier molecular flexibility index (Phi) is 3.80. The van der Waals surface area contributed by atoms with Crippen molar-refractivity contribution in [1.82, 2.24) is 19.7 Å². The van der Waals surface area contributed by atoms with Crippen LogP contribution in [0.4, 0.5) is 0 Å². The standard InChI is InChI=1S/C22H16N4S/c1-26-14-17(21(25-26)16-10-12-23-13-11-16)7-9-20-24-22-18-5-3-2-4-15(18)6-8-19(22)27-20/h2-14H,1H3/b9-7+. The molecule has 0 unspecified atom stereocenters. The Morgan fingerprint density at radius 1 is 0.963 bits per heavy atom. The number of pyridine rings is 1. The average Bonchev–Trinajstić information content (AvgIpc) is 3.30. The van der Waals surface area contributed by atoms with Crippen molar-refractivity contribution in [3.8, 4) is 11.3 Å². The number of thiazole rings is 1. The average molecular weight is 368 g/mol. The predicted molar refractivity (Wildman–Crippen MR) is 112 cm³/mol. The molecule has 130 valence electrons. The minimum atomic E-state index is 0.947. The third kappa shape index (κ3) is 2.92. The summed E-state index contributed by atoms with van der Waals surface area (Å²) in [7, 11) is 1.94. The molecule has 0 amide bonds. The zero-order chi connectivity index (χ0) is 18.2. The maximum Gasteiger partial charge on any atom is 0.117 e. The van der Waals surface area contributed by atoms with Crippen molar-refractivity contribution < 1.29 is 0 Å². The summed E-state index contributed by atoms with van der Waals surface area (Å²) in [5.74, 6) is 0. The molecule has 3 heterocycles. The molecule has 0 fully saturated rings. The molecule has 3 aromatic heterocycles. The molecule has 0 aliphatic carbocycles. The van der Waals surface area contributed by atoms with Gasteiger partial charge in [-0.3, -0.25) is 9.67 Å². The number of hydrogen-bond acceptors (Lipinski definition) is 4. The third-order valence-electron chi connectivity index (χ3n) is 4.52. The summed E-state index contributed by atoms with van der Waals surface area (Å²) in [6, 6.07) is 16.6. The second-order valence-electron chi connectivity index (χ2n) is 6.36. The Morgan fingerprint density at radius 2 is 1.81 bits per heavy atom. The molecule has 5 heteroatoms. The van der Waals surface area contributed by atoms with Gasteiger partial charge >= 0.3 is 0 Å². The van der Waals surface area contributed by atoms with E-state index < -0.39 is 0 Å². The van der Waals surface area contributed by atoms with Gasteiger partial charge in [-0.2, -0.15) is 5.10 Å². The van der Waals surface area contributed by atoms with E-state index in [2.05, 4.69) is 58.6 Å². The van der Waals surface area contributed by atoms with Crippen LogP contribution in [-0.4, -0.2) is 19.7 Å². The van der Waals surface area contributed by atoms with Crippen LogP contribution in [0, 0.1) is 0 Å². The van der Waals surface area contributed by atoms with E-state index in [9.17, 15) is 0 Å². The van der Waals surface area contributed by atoms with Crippen molar-refractivity contribution in [2.24, 2.45) is 7.05 Å². The topological polar surface area (TPSA) is 43.6 Å². The van der Waals surface area contributed by atoms with Gasteiger partial charge in [-0.05, 0) is 35.7 Å². The van der Waals surface area contributed by atoms with Crippen LogP contribution in [0.2, 0.25) is 0 Å². The second kappa shape index (κ2) is 6.45. The first kappa shape index (κ1) is 15.9. The number of aromatic nitrogens is 4. The summed E-state index contributed by atoms with van der Waals surface area (Å²) in [4.78, 5) is 8.95. The lowest BCUT2D eigenvalue weighted by Gasteiger charge is -1.97. The largest absolute Gasteiger partial charge is 0.275 e. The van der Waals surface area contributed by atoms with E-state index in [0.717, 1.165) is 27.3 Å². The van der Waals surface area contributed by atoms with Gasteiger partial charge in [0.05, 0.1) is 15.9 Å². The summed E-state index contributed by atoms with van der Waals surface area (Å²) >= 11 is 1.70. The Morgan fingerprint density at radius 3 is 2.70 bits per heavy atom. The fraction of sp³-hybridized carbons (Fsp3) is 0.0455. The summed E-state index contributed by atoms with van der Waals surface area (Å²) in [6.45, 7) is 0. The first-order valence-electron chi connectivity index (χ1n) is 8.68. The van der Waals surface area contributed by atoms with E-state index in [-0.39, 0.29) is 0 Å². The molecule has 4 nitrogen and oxygen atoms in total. The second-order valence-corrected chi connectivity index (χ2v) is 7.42. The van der Waals surface area contributed by atoms with E-state index in [1.165, 1.54) is 15.5 Å². The lowest BCUT2D eigenvalue weighted by Crippen LogP contribution is -1.87. The molecule has 2 aromatic carbocycles. The van der Waals surface area contributed by atoms with Gasteiger partial charge in [-0.25, -0.2) is 4.98 Å². The van der Waals surface area contributed by atoms with Crippen LogP contribution in [0.5, 0.6) is 0 Å². The summed E-state index contributed by atoms with van der Waals surface area (Å²) in [6.07, 6.45) is 9.76. The fourth-order valence-electron chi connectivity index (χ4n) is 3.27. The number of benzene rings is 2. The Balaban J connectivity index is 1.56. The zero-order valence-corrected chi connectivity index (χ0v) is 15.5. The Hall–Kier alpha value is -3.31.